The molecule has 0 fully saturated rings. The summed E-state index contributed by atoms with van der Waals surface area (Å²) in [7, 11) is -3.82. The van der Waals surface area contributed by atoms with Crippen molar-refractivity contribution in [3.8, 4) is 0 Å². The van der Waals surface area contributed by atoms with E-state index in [1.807, 2.05) is 0 Å². The molecule has 0 aliphatic heterocycles. The van der Waals surface area contributed by atoms with Crippen LogP contribution in [0.3, 0.4) is 0 Å². The Bertz CT molecular complexity index is 1010. The van der Waals surface area contributed by atoms with Gasteiger partial charge < -0.3 is 10.6 Å². The first-order chi connectivity index (χ1) is 12.6. The van der Waals surface area contributed by atoms with Crippen molar-refractivity contribution in [3.63, 3.8) is 0 Å². The van der Waals surface area contributed by atoms with Gasteiger partial charge in [0.2, 0.25) is 10.0 Å². The average molecular weight is 413 g/mol. The number of nitro groups is 1. The second-order valence-electron chi connectivity index (χ2n) is 5.25. The zero-order chi connectivity index (χ0) is 20.2. The number of carbonyl (C=O) groups is 2. The molecule has 0 saturated heterocycles. The van der Waals surface area contributed by atoms with E-state index in [0.717, 1.165) is 6.07 Å². The number of rotatable bonds is 5. The molecule has 0 spiro atoms. The molecule has 0 saturated carbocycles. The number of nitrogens with zero attached hydrogens (tertiary/aromatic N) is 1. The molecule has 27 heavy (non-hydrogen) atoms. The Hall–Kier alpha value is -3.02. The van der Waals surface area contributed by atoms with E-state index in [1.54, 1.807) is 0 Å². The Balaban J connectivity index is 1.97. The van der Waals surface area contributed by atoms with Crippen LogP contribution in [0.5, 0.6) is 0 Å². The fraction of sp³-hybridized carbons (Fsp3) is 0.0667. The van der Waals surface area contributed by atoms with Gasteiger partial charge in [-0.2, -0.15) is 0 Å². The van der Waals surface area contributed by atoms with Gasteiger partial charge in [0.25, 0.3) is 5.69 Å². The van der Waals surface area contributed by atoms with Crippen molar-refractivity contribution in [1.29, 1.82) is 0 Å². The van der Waals surface area contributed by atoms with Crippen LogP contribution in [0.2, 0.25) is 5.02 Å². The maximum absolute atomic E-state index is 11.9. The van der Waals surface area contributed by atoms with Gasteiger partial charge in [0.15, 0.2) is 0 Å². The number of halogens is 1. The number of nitrogens with one attached hydrogen (secondary N) is 2. The zero-order valence-corrected chi connectivity index (χ0v) is 15.1. The number of amides is 2. The summed E-state index contributed by atoms with van der Waals surface area (Å²) in [4.78, 5) is 33.7. The van der Waals surface area contributed by atoms with E-state index in [1.165, 1.54) is 36.4 Å². The van der Waals surface area contributed by atoms with E-state index in [4.69, 9.17) is 16.7 Å². The average Bonchev–Trinajstić information content (AvgIpc) is 2.60. The molecule has 0 aromatic heterocycles. The number of primary sulfonamides is 1. The van der Waals surface area contributed by atoms with Crippen LogP contribution in [0.4, 0.5) is 11.4 Å². The van der Waals surface area contributed by atoms with Gasteiger partial charge in [-0.25, -0.2) is 13.6 Å². The molecule has 0 atom stereocenters. The highest BCUT2D eigenvalue weighted by Crippen LogP contribution is 2.27. The summed E-state index contributed by atoms with van der Waals surface area (Å²) >= 11 is 5.67. The van der Waals surface area contributed by atoms with Gasteiger partial charge in [-0.15, -0.1) is 0 Å². The van der Waals surface area contributed by atoms with Crippen molar-refractivity contribution in [2.45, 2.75) is 11.4 Å². The van der Waals surface area contributed by atoms with E-state index < -0.39 is 32.4 Å². The Morgan fingerprint density at radius 2 is 1.74 bits per heavy atom. The highest BCUT2D eigenvalue weighted by molar-refractivity contribution is 7.89. The number of carbonyl (C=O) groups excluding carboxylic acids is 2. The lowest BCUT2D eigenvalue weighted by molar-refractivity contribution is -0.384. The van der Waals surface area contributed by atoms with Gasteiger partial charge in [-0.05, 0) is 29.8 Å². The summed E-state index contributed by atoms with van der Waals surface area (Å²) in [6.07, 6.45) is 0. The fourth-order valence-corrected chi connectivity index (χ4v) is 2.68. The van der Waals surface area contributed by atoms with E-state index in [0.29, 0.717) is 5.56 Å². The molecule has 2 rings (SSSR count). The van der Waals surface area contributed by atoms with Crippen LogP contribution in [0.25, 0.3) is 0 Å². The predicted octanol–water partition coefficient (Wildman–Crippen LogP) is 1.15. The smallest absolute Gasteiger partial charge is 0.313 e. The number of nitrogens with two attached hydrogens (primary N) is 1. The van der Waals surface area contributed by atoms with Gasteiger partial charge in [0, 0.05) is 18.3 Å². The molecular weight excluding hydrogens is 400 g/mol. The number of hydrogen-bond donors (Lipinski definition) is 3. The van der Waals surface area contributed by atoms with Crippen molar-refractivity contribution in [2.75, 3.05) is 5.32 Å². The first-order valence-electron chi connectivity index (χ1n) is 7.23. The first kappa shape index (κ1) is 20.3. The van der Waals surface area contributed by atoms with Gasteiger partial charge in [-0.1, -0.05) is 23.7 Å². The molecule has 4 N–H and O–H groups in total. The normalized spacial score (nSPS) is 10.9. The number of hydrogen-bond acceptors (Lipinski definition) is 6. The predicted molar refractivity (Wildman–Crippen MR) is 96.4 cm³/mol. The van der Waals surface area contributed by atoms with Crippen molar-refractivity contribution >= 4 is 44.8 Å². The standard InChI is InChI=1S/C15H13ClN4O6S/c16-12-6-3-10(7-13(12)20(23)24)19-15(22)14(21)18-8-9-1-4-11(5-2-9)27(17,25)26/h1-7H,8H2,(H,18,21)(H,19,22)(H2,17,25,26). The lowest BCUT2D eigenvalue weighted by atomic mass is 10.2. The molecule has 0 bridgehead atoms. The SMILES string of the molecule is NS(=O)(=O)c1ccc(CNC(=O)C(=O)Nc2ccc(Cl)c([N+](=O)[O-])c2)cc1. The third-order valence-corrected chi connectivity index (χ3v) is 4.56. The van der Waals surface area contributed by atoms with Gasteiger partial charge in [-0.3, -0.25) is 19.7 Å². The maximum atomic E-state index is 11.9. The minimum Gasteiger partial charge on any atom is -0.344 e. The third kappa shape index (κ3) is 5.48. The first-order valence-corrected chi connectivity index (χ1v) is 9.15. The highest BCUT2D eigenvalue weighted by Gasteiger charge is 2.17. The van der Waals surface area contributed by atoms with Crippen LogP contribution in [-0.2, 0) is 26.2 Å². The Kier molecular flexibility index (Phi) is 6.10. The second-order valence-corrected chi connectivity index (χ2v) is 7.22. The van der Waals surface area contributed by atoms with E-state index >= 15 is 0 Å². The molecule has 0 radical (unpaired) electrons. The second kappa shape index (κ2) is 8.12. The molecule has 0 unspecified atom stereocenters. The van der Waals surface area contributed by atoms with Crippen LogP contribution in [0.1, 0.15) is 5.56 Å². The summed E-state index contributed by atoms with van der Waals surface area (Å²) in [5.74, 6) is -2.02. The molecule has 0 aliphatic carbocycles. The number of benzene rings is 2. The number of nitro benzene ring substituents is 1. The molecule has 0 aliphatic rings. The lowest BCUT2D eigenvalue weighted by Gasteiger charge is -2.07. The highest BCUT2D eigenvalue weighted by atomic mass is 35.5. The van der Waals surface area contributed by atoms with Crippen molar-refractivity contribution in [2.24, 2.45) is 5.14 Å². The summed E-state index contributed by atoms with van der Waals surface area (Å²) in [5, 5.41) is 20.3. The Labute approximate surface area is 158 Å². The largest absolute Gasteiger partial charge is 0.344 e. The van der Waals surface area contributed by atoms with Gasteiger partial charge in [0.1, 0.15) is 5.02 Å². The number of sulfonamides is 1. The topological polar surface area (TPSA) is 162 Å². The maximum Gasteiger partial charge on any atom is 0.313 e. The summed E-state index contributed by atoms with van der Waals surface area (Å²) in [6.45, 7) is -0.0437. The molecule has 2 aromatic rings. The van der Waals surface area contributed by atoms with E-state index in [9.17, 15) is 28.1 Å². The van der Waals surface area contributed by atoms with E-state index in [2.05, 4.69) is 10.6 Å². The molecule has 2 aromatic carbocycles. The molecule has 12 heteroatoms. The quantitative estimate of drug-likeness (QED) is 0.379. The van der Waals surface area contributed by atoms with E-state index in [-0.39, 0.29) is 22.2 Å². The Morgan fingerprint density at radius 3 is 2.30 bits per heavy atom. The molecular formula is C15H13ClN4O6S. The lowest BCUT2D eigenvalue weighted by Crippen LogP contribution is -2.34. The third-order valence-electron chi connectivity index (χ3n) is 3.31. The van der Waals surface area contributed by atoms with Gasteiger partial charge in [0.05, 0.1) is 9.82 Å². The van der Waals surface area contributed by atoms with Crippen LogP contribution in [0.15, 0.2) is 47.4 Å². The fourth-order valence-electron chi connectivity index (χ4n) is 1.98. The van der Waals surface area contributed by atoms with Crippen LogP contribution in [0, 0.1) is 10.1 Å². The summed E-state index contributed by atoms with van der Waals surface area (Å²) in [5.41, 5.74) is 0.152. The van der Waals surface area contributed by atoms with Crippen LogP contribution in [-0.4, -0.2) is 25.2 Å². The molecule has 2 amide bonds. The number of anilines is 1. The van der Waals surface area contributed by atoms with Gasteiger partial charge >= 0.3 is 11.8 Å². The van der Waals surface area contributed by atoms with Crippen molar-refractivity contribution < 1.29 is 22.9 Å². The monoisotopic (exact) mass is 412 g/mol. The minimum atomic E-state index is -3.82. The molecule has 10 nitrogen and oxygen atoms in total. The molecule has 142 valence electrons. The Morgan fingerprint density at radius 1 is 1.11 bits per heavy atom. The summed E-state index contributed by atoms with van der Waals surface area (Å²) < 4.78 is 22.3. The van der Waals surface area contributed by atoms with Crippen molar-refractivity contribution in [3.05, 3.63) is 63.2 Å². The zero-order valence-electron chi connectivity index (χ0n) is 13.5. The van der Waals surface area contributed by atoms with Crippen LogP contribution < -0.4 is 15.8 Å². The molecule has 0 heterocycles. The minimum absolute atomic E-state index is 0.0313. The van der Waals surface area contributed by atoms with Crippen LogP contribution >= 0.6 is 11.6 Å². The summed E-state index contributed by atoms with van der Waals surface area (Å²) in [6, 6.07) is 8.96. The van der Waals surface area contributed by atoms with Crippen molar-refractivity contribution in [1.82, 2.24) is 5.32 Å².